The largest absolute Gasteiger partial charge is 0.508 e. The molecule has 1 aliphatic rings. The topological polar surface area (TPSA) is 60.5 Å². The van der Waals surface area contributed by atoms with Gasteiger partial charge in [-0.05, 0) is 12.1 Å². The molecule has 0 aromatic heterocycles. The summed E-state index contributed by atoms with van der Waals surface area (Å²) in [7, 11) is 0. The second-order valence-electron chi connectivity index (χ2n) is 5.85. The Morgan fingerprint density at radius 2 is 1.78 bits per heavy atom. The highest BCUT2D eigenvalue weighted by Crippen LogP contribution is 2.20. The number of rotatable bonds is 4. The van der Waals surface area contributed by atoms with E-state index in [-0.39, 0.29) is 11.5 Å². The fourth-order valence-electron chi connectivity index (χ4n) is 2.77. The zero-order valence-electron chi connectivity index (χ0n) is 13.0. The number of aromatic hydroxyl groups is 2. The molecular weight excluding hydrogens is 290 g/mol. The summed E-state index contributed by atoms with van der Waals surface area (Å²) in [5.41, 5.74) is 1.98. The molecule has 1 heterocycles. The lowest BCUT2D eigenvalue weighted by Gasteiger charge is -2.30. The number of benzene rings is 2. The first-order valence-corrected chi connectivity index (χ1v) is 7.89. The van der Waals surface area contributed by atoms with Crippen LogP contribution in [0.2, 0.25) is 0 Å². The van der Waals surface area contributed by atoms with Crippen LogP contribution in [0.15, 0.2) is 53.6 Å². The van der Waals surface area contributed by atoms with E-state index in [9.17, 15) is 10.2 Å². The third-order valence-electron chi connectivity index (χ3n) is 4.12. The Bertz CT molecular complexity index is 665. The molecule has 0 radical (unpaired) electrons. The van der Waals surface area contributed by atoms with E-state index in [1.807, 2.05) is 11.1 Å². The lowest BCUT2D eigenvalue weighted by atomic mass is 10.2. The third kappa shape index (κ3) is 4.23. The van der Waals surface area contributed by atoms with Gasteiger partial charge in [-0.2, -0.15) is 5.10 Å². The summed E-state index contributed by atoms with van der Waals surface area (Å²) in [5.74, 6) is 0.0971. The van der Waals surface area contributed by atoms with Gasteiger partial charge in [0.15, 0.2) is 0 Å². The maximum atomic E-state index is 9.75. The van der Waals surface area contributed by atoms with Crippen molar-refractivity contribution in [3.63, 3.8) is 0 Å². The lowest BCUT2D eigenvalue weighted by molar-refractivity contribution is -0.918. The molecule has 5 nitrogen and oxygen atoms in total. The first-order chi connectivity index (χ1) is 11.2. The number of hydrogen-bond acceptors (Lipinski definition) is 4. The SMILES string of the molecule is Oc1ccc(/C=N/N2CC[NH+](Cc3ccccc3)CC2)c(O)c1. The van der Waals surface area contributed by atoms with Gasteiger partial charge >= 0.3 is 0 Å². The van der Waals surface area contributed by atoms with Gasteiger partial charge in [-0.25, -0.2) is 0 Å². The monoisotopic (exact) mass is 312 g/mol. The van der Waals surface area contributed by atoms with Gasteiger partial charge in [0, 0.05) is 17.2 Å². The Morgan fingerprint density at radius 1 is 1.04 bits per heavy atom. The molecule has 0 bridgehead atoms. The minimum absolute atomic E-state index is 0.0436. The molecule has 3 N–H and O–H groups in total. The molecule has 0 unspecified atom stereocenters. The Labute approximate surface area is 136 Å². The van der Waals surface area contributed by atoms with E-state index < -0.39 is 0 Å². The summed E-state index contributed by atoms with van der Waals surface area (Å²) in [4.78, 5) is 1.56. The van der Waals surface area contributed by atoms with Crippen molar-refractivity contribution in [3.8, 4) is 11.5 Å². The molecule has 0 amide bonds. The van der Waals surface area contributed by atoms with Crippen LogP contribution in [0.1, 0.15) is 11.1 Å². The van der Waals surface area contributed by atoms with Gasteiger partial charge in [0.05, 0.1) is 32.4 Å². The molecule has 0 saturated carbocycles. The van der Waals surface area contributed by atoms with Gasteiger partial charge in [-0.15, -0.1) is 0 Å². The maximum absolute atomic E-state index is 9.75. The highest BCUT2D eigenvalue weighted by atomic mass is 16.3. The van der Waals surface area contributed by atoms with Crippen molar-refractivity contribution in [2.24, 2.45) is 5.10 Å². The number of phenolic OH excluding ortho intramolecular Hbond substituents is 2. The van der Waals surface area contributed by atoms with Crippen LogP contribution in [-0.4, -0.2) is 47.6 Å². The summed E-state index contributed by atoms with van der Waals surface area (Å²) in [6, 6.07) is 15.1. The number of nitrogens with one attached hydrogen (secondary N) is 1. The average Bonchev–Trinajstić information content (AvgIpc) is 2.56. The minimum Gasteiger partial charge on any atom is -0.508 e. The van der Waals surface area contributed by atoms with Crippen molar-refractivity contribution in [3.05, 3.63) is 59.7 Å². The normalized spacial score (nSPS) is 16.1. The van der Waals surface area contributed by atoms with Crippen molar-refractivity contribution in [2.45, 2.75) is 6.54 Å². The Balaban J connectivity index is 1.52. The fraction of sp³-hybridized carbons (Fsp3) is 0.278. The van der Waals surface area contributed by atoms with Gasteiger partial charge < -0.3 is 15.1 Å². The summed E-state index contributed by atoms with van der Waals surface area (Å²) in [6.07, 6.45) is 1.65. The summed E-state index contributed by atoms with van der Waals surface area (Å²) < 4.78 is 0. The Hall–Kier alpha value is -2.53. The van der Waals surface area contributed by atoms with E-state index in [4.69, 9.17) is 0 Å². The molecule has 120 valence electrons. The molecule has 1 fully saturated rings. The first kappa shape index (κ1) is 15.4. The summed E-state index contributed by atoms with van der Waals surface area (Å²) >= 11 is 0. The van der Waals surface area contributed by atoms with Crippen molar-refractivity contribution >= 4 is 6.21 Å². The zero-order chi connectivity index (χ0) is 16.1. The molecule has 3 rings (SSSR count). The van der Waals surface area contributed by atoms with Crippen LogP contribution in [0.5, 0.6) is 11.5 Å². The van der Waals surface area contributed by atoms with E-state index in [0.29, 0.717) is 5.56 Å². The molecule has 1 saturated heterocycles. The van der Waals surface area contributed by atoms with E-state index in [2.05, 4.69) is 29.4 Å². The number of hydrogen-bond donors (Lipinski definition) is 3. The smallest absolute Gasteiger partial charge is 0.128 e. The number of phenols is 2. The lowest BCUT2D eigenvalue weighted by Crippen LogP contribution is -3.13. The predicted octanol–water partition coefficient (Wildman–Crippen LogP) is 0.832. The van der Waals surface area contributed by atoms with Gasteiger partial charge in [0.2, 0.25) is 0 Å². The van der Waals surface area contributed by atoms with E-state index in [1.165, 1.54) is 11.6 Å². The molecular formula is C18H22N3O2+. The second kappa shape index (κ2) is 7.15. The molecule has 1 aliphatic heterocycles. The van der Waals surface area contributed by atoms with Crippen molar-refractivity contribution in [1.82, 2.24) is 5.01 Å². The third-order valence-corrected chi connectivity index (χ3v) is 4.12. The molecule has 5 heteroatoms. The highest BCUT2D eigenvalue weighted by molar-refractivity contribution is 5.83. The molecule has 2 aromatic rings. The number of nitrogens with zero attached hydrogens (tertiary/aromatic N) is 2. The van der Waals surface area contributed by atoms with Crippen LogP contribution in [-0.2, 0) is 6.54 Å². The second-order valence-corrected chi connectivity index (χ2v) is 5.85. The maximum Gasteiger partial charge on any atom is 0.128 e. The van der Waals surface area contributed by atoms with Gasteiger partial charge in [-0.3, -0.25) is 5.01 Å². The van der Waals surface area contributed by atoms with E-state index >= 15 is 0 Å². The summed E-state index contributed by atoms with van der Waals surface area (Å²) in [5, 5.41) is 25.5. The minimum atomic E-state index is 0.0436. The first-order valence-electron chi connectivity index (χ1n) is 7.89. The van der Waals surface area contributed by atoms with Crippen LogP contribution in [0.25, 0.3) is 0 Å². The molecule has 0 spiro atoms. The van der Waals surface area contributed by atoms with Crippen molar-refractivity contribution < 1.29 is 15.1 Å². The van der Waals surface area contributed by atoms with E-state index in [1.54, 1.807) is 23.2 Å². The van der Waals surface area contributed by atoms with Crippen LogP contribution in [0.3, 0.4) is 0 Å². The van der Waals surface area contributed by atoms with Crippen molar-refractivity contribution in [1.29, 1.82) is 0 Å². The van der Waals surface area contributed by atoms with Gasteiger partial charge in [0.1, 0.15) is 18.0 Å². The standard InChI is InChI=1S/C18H21N3O2/c22-17-7-6-16(18(23)12-17)13-19-21-10-8-20(9-11-21)14-15-4-2-1-3-5-15/h1-7,12-13,22-23H,8-11,14H2/p+1/b19-13+. The average molecular weight is 312 g/mol. The molecule has 23 heavy (non-hydrogen) atoms. The van der Waals surface area contributed by atoms with Crippen LogP contribution >= 0.6 is 0 Å². The van der Waals surface area contributed by atoms with Crippen molar-refractivity contribution in [2.75, 3.05) is 26.2 Å². The fourth-order valence-corrected chi connectivity index (χ4v) is 2.77. The van der Waals surface area contributed by atoms with Gasteiger partial charge in [-0.1, -0.05) is 30.3 Å². The molecule has 0 aliphatic carbocycles. The molecule has 2 aromatic carbocycles. The highest BCUT2D eigenvalue weighted by Gasteiger charge is 2.18. The number of quaternary nitrogens is 1. The Kier molecular flexibility index (Phi) is 4.78. The van der Waals surface area contributed by atoms with Gasteiger partial charge in [0.25, 0.3) is 0 Å². The molecule has 0 atom stereocenters. The zero-order valence-corrected chi connectivity index (χ0v) is 13.0. The predicted molar refractivity (Wildman–Crippen MR) is 89.8 cm³/mol. The number of hydrazone groups is 1. The summed E-state index contributed by atoms with van der Waals surface area (Å²) in [6.45, 7) is 4.95. The number of piperazine rings is 1. The van der Waals surface area contributed by atoms with Crippen LogP contribution in [0, 0.1) is 0 Å². The Morgan fingerprint density at radius 3 is 2.48 bits per heavy atom. The van der Waals surface area contributed by atoms with E-state index in [0.717, 1.165) is 32.7 Å². The quantitative estimate of drug-likeness (QED) is 0.733. The van der Waals surface area contributed by atoms with Crippen LogP contribution in [0.4, 0.5) is 0 Å². The van der Waals surface area contributed by atoms with Crippen LogP contribution < -0.4 is 4.90 Å².